The van der Waals surface area contributed by atoms with Crippen molar-refractivity contribution in [2.24, 2.45) is 0 Å². The zero-order valence-corrected chi connectivity index (χ0v) is 10.4. The standard InChI is InChI=1S/C15H15N3/c1-2-3-12-4-6-14(7-5-12)18-15-10-13(11-16)8-9-17-15/h4-10H,2-3H2,1H3,(H,17,18). The molecule has 0 fully saturated rings. The third-order valence-corrected chi connectivity index (χ3v) is 2.65. The van der Waals surface area contributed by atoms with Gasteiger partial charge in [0, 0.05) is 11.9 Å². The minimum absolute atomic E-state index is 0.607. The first-order valence-electron chi connectivity index (χ1n) is 6.04. The SMILES string of the molecule is CCCc1ccc(Nc2cc(C#N)ccn2)cc1. The first kappa shape index (κ1) is 12.1. The van der Waals surface area contributed by atoms with E-state index < -0.39 is 0 Å². The molecule has 0 aliphatic carbocycles. The summed E-state index contributed by atoms with van der Waals surface area (Å²) in [5, 5.41) is 12.0. The number of pyridine rings is 1. The maximum absolute atomic E-state index is 8.82. The van der Waals surface area contributed by atoms with Crippen molar-refractivity contribution in [2.45, 2.75) is 19.8 Å². The highest BCUT2D eigenvalue weighted by atomic mass is 15.0. The van der Waals surface area contributed by atoms with Gasteiger partial charge in [-0.15, -0.1) is 0 Å². The first-order valence-corrected chi connectivity index (χ1v) is 6.04. The first-order chi connectivity index (χ1) is 8.81. The molecule has 0 aliphatic heterocycles. The zero-order chi connectivity index (χ0) is 12.8. The Morgan fingerprint density at radius 3 is 2.67 bits per heavy atom. The van der Waals surface area contributed by atoms with Crippen molar-refractivity contribution in [3.8, 4) is 6.07 Å². The van der Waals surface area contributed by atoms with Gasteiger partial charge in [0.1, 0.15) is 5.82 Å². The van der Waals surface area contributed by atoms with Crippen LogP contribution in [0.15, 0.2) is 42.6 Å². The summed E-state index contributed by atoms with van der Waals surface area (Å²) < 4.78 is 0. The van der Waals surface area contributed by atoms with E-state index >= 15 is 0 Å². The number of aryl methyl sites for hydroxylation is 1. The van der Waals surface area contributed by atoms with Crippen LogP contribution in [0.25, 0.3) is 0 Å². The van der Waals surface area contributed by atoms with Crippen LogP contribution in [0.4, 0.5) is 11.5 Å². The maximum atomic E-state index is 8.82. The Bertz CT molecular complexity index is 553. The normalized spacial score (nSPS) is 9.78. The highest BCUT2D eigenvalue weighted by Crippen LogP contribution is 2.16. The second kappa shape index (κ2) is 5.83. The zero-order valence-electron chi connectivity index (χ0n) is 10.4. The molecule has 0 radical (unpaired) electrons. The number of hydrogen-bond acceptors (Lipinski definition) is 3. The summed E-state index contributed by atoms with van der Waals surface area (Å²) in [4.78, 5) is 4.18. The number of rotatable bonds is 4. The van der Waals surface area contributed by atoms with Crippen LogP contribution in [0, 0.1) is 11.3 Å². The van der Waals surface area contributed by atoms with Gasteiger partial charge in [-0.25, -0.2) is 4.98 Å². The Hall–Kier alpha value is -2.34. The van der Waals surface area contributed by atoms with E-state index in [1.807, 2.05) is 12.1 Å². The molecule has 3 heteroatoms. The van der Waals surface area contributed by atoms with Crippen molar-refractivity contribution in [2.75, 3.05) is 5.32 Å². The molecule has 2 rings (SSSR count). The van der Waals surface area contributed by atoms with E-state index in [2.05, 4.69) is 35.4 Å². The molecule has 0 unspecified atom stereocenters. The van der Waals surface area contributed by atoms with Crippen LogP contribution < -0.4 is 5.32 Å². The second-order valence-corrected chi connectivity index (χ2v) is 4.11. The quantitative estimate of drug-likeness (QED) is 0.883. The molecule has 0 amide bonds. The lowest BCUT2D eigenvalue weighted by molar-refractivity contribution is 0.922. The van der Waals surface area contributed by atoms with Gasteiger partial charge in [-0.1, -0.05) is 25.5 Å². The highest BCUT2D eigenvalue weighted by molar-refractivity contribution is 5.57. The number of nitriles is 1. The van der Waals surface area contributed by atoms with Gasteiger partial charge in [-0.3, -0.25) is 0 Å². The minimum Gasteiger partial charge on any atom is -0.340 e. The Kier molecular flexibility index (Phi) is 3.93. The van der Waals surface area contributed by atoms with Crippen LogP contribution in [-0.4, -0.2) is 4.98 Å². The molecule has 1 heterocycles. The number of hydrogen-bond donors (Lipinski definition) is 1. The summed E-state index contributed by atoms with van der Waals surface area (Å²) >= 11 is 0. The Morgan fingerprint density at radius 2 is 2.00 bits per heavy atom. The fraction of sp³-hybridized carbons (Fsp3) is 0.200. The molecule has 1 aromatic heterocycles. The summed E-state index contributed by atoms with van der Waals surface area (Å²) in [5.74, 6) is 0.692. The third kappa shape index (κ3) is 3.08. The van der Waals surface area contributed by atoms with Crippen molar-refractivity contribution in [3.63, 3.8) is 0 Å². The van der Waals surface area contributed by atoms with E-state index in [-0.39, 0.29) is 0 Å². The predicted octanol–water partition coefficient (Wildman–Crippen LogP) is 3.65. The molecule has 18 heavy (non-hydrogen) atoms. The number of nitrogens with one attached hydrogen (secondary N) is 1. The monoisotopic (exact) mass is 237 g/mol. The number of nitrogens with zero attached hydrogens (tertiary/aromatic N) is 2. The fourth-order valence-electron chi connectivity index (χ4n) is 1.76. The van der Waals surface area contributed by atoms with Crippen molar-refractivity contribution in [3.05, 3.63) is 53.7 Å². The highest BCUT2D eigenvalue weighted by Gasteiger charge is 1.98. The van der Waals surface area contributed by atoms with Gasteiger partial charge in [-0.2, -0.15) is 5.26 Å². The van der Waals surface area contributed by atoms with E-state index in [0.717, 1.165) is 18.5 Å². The van der Waals surface area contributed by atoms with E-state index in [4.69, 9.17) is 5.26 Å². The molecular formula is C15H15N3. The third-order valence-electron chi connectivity index (χ3n) is 2.65. The lowest BCUT2D eigenvalue weighted by Crippen LogP contribution is -1.94. The van der Waals surface area contributed by atoms with Gasteiger partial charge >= 0.3 is 0 Å². The number of anilines is 2. The van der Waals surface area contributed by atoms with Crippen LogP contribution in [-0.2, 0) is 6.42 Å². The molecule has 0 saturated heterocycles. The van der Waals surface area contributed by atoms with Crippen LogP contribution in [0.3, 0.4) is 0 Å². The van der Waals surface area contributed by atoms with Crippen molar-refractivity contribution >= 4 is 11.5 Å². The molecule has 1 N–H and O–H groups in total. The lowest BCUT2D eigenvalue weighted by atomic mass is 10.1. The van der Waals surface area contributed by atoms with Gasteiger partial charge in [0.05, 0.1) is 11.6 Å². The Labute approximate surface area is 107 Å². The summed E-state index contributed by atoms with van der Waals surface area (Å²) in [7, 11) is 0. The van der Waals surface area contributed by atoms with Gasteiger partial charge in [-0.05, 0) is 36.2 Å². The summed E-state index contributed by atoms with van der Waals surface area (Å²) in [6, 6.07) is 13.8. The van der Waals surface area contributed by atoms with Gasteiger partial charge < -0.3 is 5.32 Å². The molecule has 0 spiro atoms. The van der Waals surface area contributed by atoms with E-state index in [1.54, 1.807) is 18.3 Å². The molecule has 1 aromatic carbocycles. The summed E-state index contributed by atoms with van der Waals surface area (Å²) in [5.41, 5.74) is 2.93. The van der Waals surface area contributed by atoms with Crippen molar-refractivity contribution < 1.29 is 0 Å². The molecule has 0 aliphatic rings. The van der Waals surface area contributed by atoms with Crippen molar-refractivity contribution in [1.29, 1.82) is 5.26 Å². The minimum atomic E-state index is 0.607. The molecular weight excluding hydrogens is 222 g/mol. The van der Waals surface area contributed by atoms with Gasteiger partial charge in [0.2, 0.25) is 0 Å². The summed E-state index contributed by atoms with van der Waals surface area (Å²) in [6.45, 7) is 2.17. The Morgan fingerprint density at radius 1 is 1.22 bits per heavy atom. The number of aromatic nitrogens is 1. The molecule has 0 atom stereocenters. The van der Waals surface area contributed by atoms with E-state index in [0.29, 0.717) is 11.4 Å². The van der Waals surface area contributed by atoms with Crippen LogP contribution in [0.2, 0.25) is 0 Å². The summed E-state index contributed by atoms with van der Waals surface area (Å²) in [6.07, 6.45) is 3.88. The molecule has 0 saturated carbocycles. The van der Waals surface area contributed by atoms with Crippen molar-refractivity contribution in [1.82, 2.24) is 4.98 Å². The molecule has 3 nitrogen and oxygen atoms in total. The topological polar surface area (TPSA) is 48.7 Å². The maximum Gasteiger partial charge on any atom is 0.131 e. The average molecular weight is 237 g/mol. The average Bonchev–Trinajstić information content (AvgIpc) is 2.42. The van der Waals surface area contributed by atoms with Crippen LogP contribution in [0.1, 0.15) is 24.5 Å². The fourth-order valence-corrected chi connectivity index (χ4v) is 1.76. The molecule has 2 aromatic rings. The van der Waals surface area contributed by atoms with E-state index in [9.17, 15) is 0 Å². The smallest absolute Gasteiger partial charge is 0.131 e. The second-order valence-electron chi connectivity index (χ2n) is 4.11. The Balaban J connectivity index is 2.11. The lowest BCUT2D eigenvalue weighted by Gasteiger charge is -2.06. The van der Waals surface area contributed by atoms with Gasteiger partial charge in [0.25, 0.3) is 0 Å². The predicted molar refractivity (Wildman–Crippen MR) is 72.7 cm³/mol. The van der Waals surface area contributed by atoms with Crippen LogP contribution >= 0.6 is 0 Å². The van der Waals surface area contributed by atoms with Gasteiger partial charge in [0.15, 0.2) is 0 Å². The largest absolute Gasteiger partial charge is 0.340 e. The molecule has 90 valence electrons. The van der Waals surface area contributed by atoms with E-state index in [1.165, 1.54) is 5.56 Å². The molecule has 0 bridgehead atoms. The number of benzene rings is 1. The van der Waals surface area contributed by atoms with Crippen LogP contribution in [0.5, 0.6) is 0 Å².